The summed E-state index contributed by atoms with van der Waals surface area (Å²) < 4.78 is 60.2. The Labute approximate surface area is 308 Å². The Morgan fingerprint density at radius 2 is 1.54 bits per heavy atom. The lowest BCUT2D eigenvalue weighted by atomic mass is 9.81. The second kappa shape index (κ2) is 14.4. The van der Waals surface area contributed by atoms with E-state index in [1.165, 1.54) is 0 Å². The summed E-state index contributed by atoms with van der Waals surface area (Å²) in [4.78, 5) is 14.1. The van der Waals surface area contributed by atoms with Gasteiger partial charge < -0.3 is 47.7 Å². The molecule has 10 saturated heterocycles. The summed E-state index contributed by atoms with van der Waals surface area (Å²) in [5.41, 5.74) is 2.23. The summed E-state index contributed by atoms with van der Waals surface area (Å²) in [6.45, 7) is 13.1. The van der Waals surface area contributed by atoms with E-state index in [2.05, 4.69) is 20.1 Å². The fourth-order valence-electron chi connectivity index (χ4n) is 11.4. The van der Waals surface area contributed by atoms with Crippen LogP contribution < -0.4 is 0 Å². The van der Waals surface area contributed by atoms with E-state index in [0.29, 0.717) is 50.9 Å². The first-order chi connectivity index (χ1) is 25.1. The Kier molecular flexibility index (Phi) is 10.0. The van der Waals surface area contributed by atoms with E-state index in [1.54, 1.807) is 7.11 Å². The molecule has 10 heterocycles. The van der Waals surface area contributed by atoms with Crippen LogP contribution in [-0.4, -0.2) is 121 Å². The van der Waals surface area contributed by atoms with Crippen LogP contribution in [0.3, 0.4) is 0 Å². The molecule has 290 valence electrons. The van der Waals surface area contributed by atoms with Crippen LogP contribution in [0.4, 0.5) is 0 Å². The maximum atomic E-state index is 14.1. The van der Waals surface area contributed by atoms with Gasteiger partial charge in [-0.3, -0.25) is 4.79 Å². The highest BCUT2D eigenvalue weighted by Gasteiger charge is 2.68. The molecule has 0 aromatic heterocycles. The van der Waals surface area contributed by atoms with Crippen LogP contribution >= 0.6 is 0 Å². The lowest BCUT2D eigenvalue weighted by molar-refractivity contribution is -0.292. The molecule has 0 aliphatic carbocycles. The van der Waals surface area contributed by atoms with Crippen molar-refractivity contribution in [2.45, 2.75) is 207 Å². The molecule has 10 aliphatic rings. The molecule has 0 aromatic carbocycles. The number of rotatable bonds is 4. The Bertz CT molecular complexity index is 1370. The van der Waals surface area contributed by atoms with Crippen molar-refractivity contribution >= 4 is 5.78 Å². The molecule has 11 heteroatoms. The largest absolute Gasteiger partial charge is 0.393 e. The van der Waals surface area contributed by atoms with Crippen molar-refractivity contribution in [1.29, 1.82) is 0 Å². The van der Waals surface area contributed by atoms with E-state index in [4.69, 9.17) is 42.6 Å². The maximum Gasteiger partial charge on any atom is 0.172 e. The van der Waals surface area contributed by atoms with Crippen LogP contribution in [0.5, 0.6) is 0 Å². The van der Waals surface area contributed by atoms with Crippen LogP contribution in [0.2, 0.25) is 0 Å². The summed E-state index contributed by atoms with van der Waals surface area (Å²) in [5.74, 6) is -0.530. The predicted octanol–water partition coefficient (Wildman–Crippen LogP) is 4.89. The van der Waals surface area contributed by atoms with Gasteiger partial charge in [0.1, 0.15) is 36.3 Å². The van der Waals surface area contributed by atoms with E-state index < -0.39 is 11.9 Å². The van der Waals surface area contributed by atoms with Gasteiger partial charge in [0.15, 0.2) is 5.79 Å². The molecule has 12 bridgehead atoms. The number of aliphatic hydroxyl groups excluding tert-OH is 1. The highest BCUT2D eigenvalue weighted by Crippen LogP contribution is 2.54. The van der Waals surface area contributed by atoms with Gasteiger partial charge in [-0.25, -0.2) is 0 Å². The van der Waals surface area contributed by atoms with Crippen molar-refractivity contribution in [3.05, 3.63) is 24.3 Å². The third-order valence-electron chi connectivity index (χ3n) is 14.2. The van der Waals surface area contributed by atoms with Gasteiger partial charge in [-0.15, -0.1) is 0 Å². The molecule has 52 heavy (non-hydrogen) atoms. The third kappa shape index (κ3) is 6.60. The van der Waals surface area contributed by atoms with Crippen molar-refractivity contribution < 1.29 is 52.5 Å². The molecule has 10 aliphatic heterocycles. The fourth-order valence-corrected chi connectivity index (χ4v) is 11.4. The van der Waals surface area contributed by atoms with Gasteiger partial charge in [-0.2, -0.15) is 0 Å². The highest BCUT2D eigenvalue weighted by atomic mass is 16.8. The molecule has 0 radical (unpaired) electrons. The third-order valence-corrected chi connectivity index (χ3v) is 14.2. The Balaban J connectivity index is 0.994. The number of Topliss-reactive ketones (excluding diaryl/α,β-unsaturated/α-hetero) is 1. The van der Waals surface area contributed by atoms with Crippen LogP contribution in [0, 0.1) is 11.8 Å². The zero-order chi connectivity index (χ0) is 35.9. The number of aliphatic hydroxyl groups is 1. The molecule has 0 amide bonds. The molecule has 4 unspecified atom stereocenters. The minimum atomic E-state index is -0.772. The first-order valence-electron chi connectivity index (χ1n) is 20.5. The smallest absolute Gasteiger partial charge is 0.172 e. The van der Waals surface area contributed by atoms with Gasteiger partial charge in [0, 0.05) is 51.6 Å². The Morgan fingerprint density at radius 1 is 0.788 bits per heavy atom. The predicted molar refractivity (Wildman–Crippen MR) is 187 cm³/mol. The Hall–Kier alpha value is -1.25. The number of fused-ring (bicyclic) bond motifs is 6. The monoisotopic (exact) mass is 728 g/mol. The number of carbonyl (C=O) groups is 1. The first-order valence-corrected chi connectivity index (χ1v) is 20.5. The van der Waals surface area contributed by atoms with Crippen LogP contribution in [0.15, 0.2) is 24.3 Å². The Morgan fingerprint density at radius 3 is 2.37 bits per heavy atom. The summed E-state index contributed by atoms with van der Waals surface area (Å²) in [6, 6.07) is 0. The number of methoxy groups -OCH3 is 1. The van der Waals surface area contributed by atoms with Crippen molar-refractivity contribution in [2.24, 2.45) is 11.8 Å². The SMILES string of the molecule is C=C1C[C@@H]2CC[C@@]34C[C@@H]5O[C@@H]6[C@@H](O[C@H]7CCC(CC(=O)C[C@H]8[C@H](CC9O[C@@H](CCC1O2)C[C@@H](C)C9=C)OC(C[C@H](O)CC)[C@@H]8OC)O[C@@H]7[C@@H]6O3)[C@H]5O4. The second-order valence-corrected chi connectivity index (χ2v) is 17.6. The first kappa shape index (κ1) is 36.4. The van der Waals surface area contributed by atoms with Gasteiger partial charge >= 0.3 is 0 Å². The van der Waals surface area contributed by atoms with E-state index >= 15 is 0 Å². The molecule has 0 aromatic rings. The van der Waals surface area contributed by atoms with Gasteiger partial charge in [0.2, 0.25) is 0 Å². The minimum Gasteiger partial charge on any atom is -0.393 e. The molecule has 1 spiro atoms. The van der Waals surface area contributed by atoms with Crippen LogP contribution in [0.25, 0.3) is 0 Å². The molecule has 19 atom stereocenters. The normalized spacial score (nSPS) is 52.4. The van der Waals surface area contributed by atoms with Crippen molar-refractivity contribution in [3.63, 3.8) is 0 Å². The number of carbonyl (C=O) groups excluding carboxylic acids is 1. The standard InChI is InChI=1S/C41H60O11/c1-6-23(42)17-33-35(44-5)28-16-24(43)15-26-8-10-30-36(47-26)40-39-38(49-30)37-34(50-39)19-41(51-37,52-40)12-11-27-14-21(3)29(45-27)9-7-25-13-20(2)22(4)31(46-25)18-32(28)48-33/h20,23,25-40,42H,3-4,6-19H2,1-2,5H3/t20-,23-,25+,26?,27+,28+,29?,30+,31?,32+,33?,34+,35-,36+,37+,38+,39-,40+,41+/m1/s1. The number of ether oxygens (including phenoxy) is 9. The molecule has 10 rings (SSSR count). The van der Waals surface area contributed by atoms with Gasteiger partial charge in [0.25, 0.3) is 0 Å². The van der Waals surface area contributed by atoms with Crippen LogP contribution in [0.1, 0.15) is 104 Å². The average Bonchev–Trinajstić information content (AvgIpc) is 3.79. The summed E-state index contributed by atoms with van der Waals surface area (Å²) in [6.07, 6.45) is 6.32. The van der Waals surface area contributed by atoms with Gasteiger partial charge in [0.05, 0.1) is 67.1 Å². The average molecular weight is 729 g/mol. The fraction of sp³-hybridized carbons (Fsp3) is 0.878. The molecule has 1 N–H and O–H groups in total. The molecular weight excluding hydrogens is 668 g/mol. The maximum absolute atomic E-state index is 14.1. The molecule has 0 saturated carbocycles. The lowest BCUT2D eigenvalue weighted by Crippen LogP contribution is -2.61. The second-order valence-electron chi connectivity index (χ2n) is 17.6. The molecular formula is C41H60O11. The highest BCUT2D eigenvalue weighted by molar-refractivity contribution is 5.79. The van der Waals surface area contributed by atoms with Gasteiger partial charge in [-0.05, 0) is 68.4 Å². The number of ketones is 1. The van der Waals surface area contributed by atoms with E-state index in [0.717, 1.165) is 56.1 Å². The molecule has 10 fully saturated rings. The quantitative estimate of drug-likeness (QED) is 0.399. The van der Waals surface area contributed by atoms with E-state index in [1.807, 2.05) is 6.92 Å². The number of hydrogen-bond acceptors (Lipinski definition) is 11. The van der Waals surface area contributed by atoms with Crippen molar-refractivity contribution in [1.82, 2.24) is 0 Å². The topological polar surface area (TPSA) is 120 Å². The van der Waals surface area contributed by atoms with Crippen LogP contribution in [-0.2, 0) is 47.4 Å². The lowest BCUT2D eigenvalue weighted by Gasteiger charge is -2.47. The van der Waals surface area contributed by atoms with Crippen molar-refractivity contribution in [2.75, 3.05) is 7.11 Å². The zero-order valence-corrected chi connectivity index (χ0v) is 31.2. The summed E-state index contributed by atoms with van der Waals surface area (Å²) in [7, 11) is 1.69. The van der Waals surface area contributed by atoms with Gasteiger partial charge in [-0.1, -0.05) is 27.0 Å². The zero-order valence-electron chi connectivity index (χ0n) is 31.2. The summed E-state index contributed by atoms with van der Waals surface area (Å²) in [5, 5.41) is 10.7. The van der Waals surface area contributed by atoms with Crippen molar-refractivity contribution in [3.8, 4) is 0 Å². The molecule has 11 nitrogen and oxygen atoms in total. The van der Waals surface area contributed by atoms with E-state index in [-0.39, 0.29) is 103 Å². The van der Waals surface area contributed by atoms with E-state index in [9.17, 15) is 9.90 Å². The summed E-state index contributed by atoms with van der Waals surface area (Å²) >= 11 is 0. The minimum absolute atomic E-state index is 0.00556. The number of hydrogen-bond donors (Lipinski definition) is 1.